The first-order chi connectivity index (χ1) is 13.3. The second-order valence-electron chi connectivity index (χ2n) is 7.82. The number of anilines is 1. The zero-order valence-corrected chi connectivity index (χ0v) is 21.9. The molecule has 2 aromatic rings. The molecule has 0 aromatic heterocycles. The maximum absolute atomic E-state index is 12.7. The summed E-state index contributed by atoms with van der Waals surface area (Å²) in [5.41, 5.74) is 2.07. The van der Waals surface area contributed by atoms with E-state index >= 15 is 0 Å². The average molecular weight is 545 g/mol. The molecule has 30 heavy (non-hydrogen) atoms. The molecule has 5 nitrogen and oxygen atoms in total. The highest BCUT2D eigenvalue weighted by Crippen LogP contribution is 2.20. The number of ether oxygens (including phenoxy) is 1. The Hall–Kier alpha value is -1.41. The van der Waals surface area contributed by atoms with Crippen LogP contribution in [0.15, 0.2) is 48.5 Å². The molecule has 0 aliphatic rings. The number of carbonyl (C=O) groups is 1. The minimum Gasteiger partial charge on any atom is -1.00 e. The van der Waals surface area contributed by atoms with Crippen molar-refractivity contribution in [2.24, 2.45) is 0 Å². The molecular weight excluding hydrogens is 510 g/mol. The van der Waals surface area contributed by atoms with E-state index in [0.717, 1.165) is 30.2 Å². The molecule has 2 rings (SSSR count). The van der Waals surface area contributed by atoms with Gasteiger partial charge in [-0.05, 0) is 64.1 Å². The van der Waals surface area contributed by atoms with Crippen molar-refractivity contribution in [1.82, 2.24) is 0 Å². The van der Waals surface area contributed by atoms with Gasteiger partial charge in [-0.1, -0.05) is 12.1 Å². The van der Waals surface area contributed by atoms with Crippen molar-refractivity contribution in [3.63, 3.8) is 0 Å². The summed E-state index contributed by atoms with van der Waals surface area (Å²) in [6.45, 7) is 14.8. The van der Waals surface area contributed by atoms with E-state index in [0.29, 0.717) is 11.6 Å². The van der Waals surface area contributed by atoms with Crippen LogP contribution in [0.3, 0.4) is 0 Å². The fourth-order valence-corrected chi connectivity index (χ4v) is 3.80. The first-order valence-corrected chi connectivity index (χ1v) is 10.2. The minimum absolute atomic E-state index is 0. The fraction of sp³-hybridized carbons (Fsp3) is 0.435. The Morgan fingerprint density at radius 2 is 1.67 bits per heavy atom. The first kappa shape index (κ1) is 28.6. The summed E-state index contributed by atoms with van der Waals surface area (Å²) in [4.78, 5) is 14.0. The first-order valence-electron chi connectivity index (χ1n) is 10.2. The standard InChI is InChI=1S/C23H33N3O2.2BrH/c1-7-24-21-12-10-9-11-20(21)22(27)25-18-13-15-19(16-14-18)28-23(5,6)26(8-2)17(3)4;;/h9-17,24H,7-8H2,1-6H3,(H,25,27);2*1H. The van der Waals surface area contributed by atoms with Crippen molar-refractivity contribution >= 4 is 17.3 Å². The van der Waals surface area contributed by atoms with Crippen molar-refractivity contribution in [3.05, 3.63) is 54.1 Å². The number of nitrogens with two attached hydrogens (primary N) is 1. The highest BCUT2D eigenvalue weighted by Gasteiger charge is 2.33. The van der Waals surface area contributed by atoms with Gasteiger partial charge in [-0.3, -0.25) is 9.69 Å². The lowest BCUT2D eigenvalue weighted by Gasteiger charge is -2.37. The largest absolute Gasteiger partial charge is 1.00 e. The van der Waals surface area contributed by atoms with Gasteiger partial charge in [0.1, 0.15) is 17.0 Å². The Morgan fingerprint density at radius 1 is 1.07 bits per heavy atom. The number of nitrogens with one attached hydrogen (secondary N) is 2. The summed E-state index contributed by atoms with van der Waals surface area (Å²) in [7, 11) is 0. The number of hydrogen-bond acceptors (Lipinski definition) is 2. The molecule has 168 valence electrons. The predicted octanol–water partition coefficient (Wildman–Crippen LogP) is -3.41. The van der Waals surface area contributed by atoms with Crippen LogP contribution in [0.1, 0.15) is 51.9 Å². The van der Waals surface area contributed by atoms with Gasteiger partial charge in [0.2, 0.25) is 5.72 Å². The van der Waals surface area contributed by atoms with Crippen LogP contribution in [-0.4, -0.2) is 30.8 Å². The SMILES string of the molecule is CC[NH2+]c1ccccc1C(=O)Nc1ccc(OC(C)(C)[NH+](CC)C(C)C)cc1.[Br-].[Br-]. The zero-order chi connectivity index (χ0) is 20.7. The van der Waals surface area contributed by atoms with E-state index in [4.69, 9.17) is 4.74 Å². The molecule has 0 saturated carbocycles. The van der Waals surface area contributed by atoms with Crippen molar-refractivity contribution in [2.75, 3.05) is 18.4 Å². The molecule has 2 aromatic carbocycles. The quantitative estimate of drug-likeness (QED) is 0.228. The van der Waals surface area contributed by atoms with E-state index in [-0.39, 0.29) is 45.6 Å². The monoisotopic (exact) mass is 543 g/mol. The molecule has 1 amide bonds. The molecule has 0 bridgehead atoms. The molecule has 0 heterocycles. The Morgan fingerprint density at radius 3 is 2.20 bits per heavy atom. The third-order valence-corrected chi connectivity index (χ3v) is 4.97. The Balaban J connectivity index is 0.00000420. The van der Waals surface area contributed by atoms with Crippen LogP contribution in [0.25, 0.3) is 0 Å². The summed E-state index contributed by atoms with van der Waals surface area (Å²) >= 11 is 0. The summed E-state index contributed by atoms with van der Waals surface area (Å²) < 4.78 is 6.26. The van der Waals surface area contributed by atoms with Crippen molar-refractivity contribution in [3.8, 4) is 5.75 Å². The number of halogens is 2. The van der Waals surface area contributed by atoms with E-state index in [2.05, 4.69) is 52.2 Å². The van der Waals surface area contributed by atoms with Crippen LogP contribution in [0.2, 0.25) is 0 Å². The van der Waals surface area contributed by atoms with Crippen LogP contribution >= 0.6 is 0 Å². The minimum atomic E-state index is -0.331. The topological polar surface area (TPSA) is 59.4 Å². The molecule has 0 radical (unpaired) electrons. The molecular formula is C23H35Br2N3O2. The molecule has 7 heteroatoms. The van der Waals surface area contributed by atoms with Gasteiger partial charge in [-0.2, -0.15) is 0 Å². The number of carbonyl (C=O) groups excluding carboxylic acids is 1. The second-order valence-corrected chi connectivity index (χ2v) is 7.82. The van der Waals surface area contributed by atoms with Gasteiger partial charge in [-0.15, -0.1) is 0 Å². The van der Waals surface area contributed by atoms with Gasteiger partial charge in [0.25, 0.3) is 5.91 Å². The van der Waals surface area contributed by atoms with Gasteiger partial charge < -0.3 is 49.3 Å². The van der Waals surface area contributed by atoms with Gasteiger partial charge in [0.05, 0.1) is 19.1 Å². The fourth-order valence-electron chi connectivity index (χ4n) is 3.80. The van der Waals surface area contributed by atoms with Crippen LogP contribution in [0.5, 0.6) is 5.75 Å². The highest BCUT2D eigenvalue weighted by molar-refractivity contribution is 6.06. The van der Waals surface area contributed by atoms with Crippen molar-refractivity contribution in [1.29, 1.82) is 0 Å². The molecule has 0 aliphatic heterocycles. The summed E-state index contributed by atoms with van der Waals surface area (Å²) in [5, 5.41) is 5.04. The molecule has 0 fully saturated rings. The summed E-state index contributed by atoms with van der Waals surface area (Å²) in [5.74, 6) is 0.699. The maximum atomic E-state index is 12.7. The number of amides is 1. The Kier molecular flexibility index (Phi) is 12.5. The van der Waals surface area contributed by atoms with Crippen LogP contribution in [0, 0.1) is 0 Å². The lowest BCUT2D eigenvalue weighted by atomic mass is 10.1. The van der Waals surface area contributed by atoms with Crippen LogP contribution in [0.4, 0.5) is 11.4 Å². The third-order valence-electron chi connectivity index (χ3n) is 4.97. The highest BCUT2D eigenvalue weighted by atomic mass is 79.9. The van der Waals surface area contributed by atoms with E-state index in [1.165, 1.54) is 4.90 Å². The molecule has 0 spiro atoms. The molecule has 0 saturated heterocycles. The summed E-state index contributed by atoms with van der Waals surface area (Å²) in [6.07, 6.45) is 0. The van der Waals surface area contributed by atoms with Gasteiger partial charge >= 0.3 is 0 Å². The smallest absolute Gasteiger partial charge is 0.261 e. The lowest BCUT2D eigenvalue weighted by Crippen LogP contribution is -3.22. The average Bonchev–Trinajstić information content (AvgIpc) is 2.63. The van der Waals surface area contributed by atoms with E-state index in [1.54, 1.807) is 0 Å². The van der Waals surface area contributed by atoms with Gasteiger partial charge in [-0.25, -0.2) is 0 Å². The van der Waals surface area contributed by atoms with Gasteiger partial charge in [0.15, 0.2) is 0 Å². The zero-order valence-electron chi connectivity index (χ0n) is 18.8. The van der Waals surface area contributed by atoms with E-state index < -0.39 is 0 Å². The molecule has 0 aliphatic carbocycles. The number of hydrogen-bond donors (Lipinski definition) is 3. The summed E-state index contributed by atoms with van der Waals surface area (Å²) in [6, 6.07) is 15.7. The molecule has 1 unspecified atom stereocenters. The van der Waals surface area contributed by atoms with Crippen molar-refractivity contribution < 1.29 is 53.7 Å². The number of benzene rings is 2. The molecule has 4 N–H and O–H groups in total. The Labute approximate surface area is 202 Å². The predicted molar refractivity (Wildman–Crippen MR) is 114 cm³/mol. The number of quaternary nitrogens is 2. The van der Waals surface area contributed by atoms with Crippen molar-refractivity contribution in [2.45, 2.75) is 53.3 Å². The van der Waals surface area contributed by atoms with E-state index in [9.17, 15) is 4.79 Å². The van der Waals surface area contributed by atoms with Crippen LogP contribution < -0.4 is 54.2 Å². The van der Waals surface area contributed by atoms with Crippen LogP contribution in [-0.2, 0) is 0 Å². The normalized spacial score (nSPS) is 11.8. The second kappa shape index (κ2) is 13.1. The lowest BCUT2D eigenvalue weighted by molar-refractivity contribution is -0.986. The van der Waals surface area contributed by atoms with E-state index in [1.807, 2.05) is 48.5 Å². The third kappa shape index (κ3) is 7.69. The molecule has 1 atom stereocenters. The maximum Gasteiger partial charge on any atom is 0.261 e. The number of para-hydroxylation sites is 1. The van der Waals surface area contributed by atoms with Gasteiger partial charge in [0, 0.05) is 19.5 Å². The number of rotatable bonds is 9. The Bertz CT molecular complexity index is 780.